The Hall–Kier alpha value is -14.8. The number of morpholine rings is 1. The maximum atomic E-state index is 12.7. The second-order valence-electron chi connectivity index (χ2n) is 38.0. The van der Waals surface area contributed by atoms with Gasteiger partial charge in [0.25, 0.3) is 0 Å². The van der Waals surface area contributed by atoms with Gasteiger partial charge in [0.05, 0.1) is 118 Å². The van der Waals surface area contributed by atoms with Crippen molar-refractivity contribution < 1.29 is 33.4 Å². The monoisotopic (exact) mass is 1920 g/mol. The molecule has 0 N–H and O–H groups in total. The molecule has 0 aliphatic carbocycles. The summed E-state index contributed by atoms with van der Waals surface area (Å²) in [7, 11) is 5.70. The highest BCUT2D eigenvalue weighted by molar-refractivity contribution is 7.15. The zero-order valence-electron chi connectivity index (χ0n) is 82.6. The Kier molecular flexibility index (Phi) is 27.3. The van der Waals surface area contributed by atoms with Crippen LogP contribution >= 0.6 is 11.3 Å². The Balaban J connectivity index is 0.000000116. The fraction of sp³-hybridized carbons (Fsp3) is 0.385. The highest BCUT2D eigenvalue weighted by atomic mass is 32.1. The molecule has 0 atom stereocenters. The number of hydrogen-bond donors (Lipinski definition) is 0. The summed E-state index contributed by atoms with van der Waals surface area (Å²) in [5, 5.41) is 48.3. The van der Waals surface area contributed by atoms with Crippen LogP contribution in [0.25, 0.3) is 121 Å². The number of nitrogens with zero attached hydrogens (tertiary/aromatic N) is 25. The third-order valence-corrected chi connectivity index (χ3v) is 29.8. The van der Waals surface area contributed by atoms with Gasteiger partial charge in [0, 0.05) is 284 Å². The van der Waals surface area contributed by atoms with Crippen LogP contribution in [0.15, 0.2) is 165 Å². The molecule has 33 heteroatoms. The smallest absolute Gasteiger partial charge is 0.222 e. The van der Waals surface area contributed by atoms with Gasteiger partial charge in [0.2, 0.25) is 29.5 Å². The lowest BCUT2D eigenvalue weighted by molar-refractivity contribution is -0.132. The van der Waals surface area contributed by atoms with Gasteiger partial charge in [0.1, 0.15) is 11.8 Å². The quantitative estimate of drug-likeness (QED) is 0.0867. The summed E-state index contributed by atoms with van der Waals surface area (Å²) in [5.74, 6) is 2.17. The van der Waals surface area contributed by atoms with Gasteiger partial charge in [-0.15, -0.1) is 16.4 Å². The molecule has 7 aliphatic rings. The van der Waals surface area contributed by atoms with Crippen molar-refractivity contribution in [2.45, 2.75) is 177 Å². The number of carbonyl (C=O) groups excluding carboxylic acids is 5. The highest BCUT2D eigenvalue weighted by Crippen LogP contribution is 2.46. The SMILES string of the molecule is CCC(=O)N1CCc2c(C(C)C)nn(-c3cccc4cc(-c5cnn(C)c5)ncc34)c2C1.CCC(=O)N1CCc2c(N3CCOCC3)nn(-c3cccc4cc(-c5cnn(C)c5)ncc34)c2C1.CCC(=O)N1CCc2c(c(-c3cccc4cc(-c5cnc(C)s5)ncc34)nn2C2CCN(C(C)=O)CC2)C1.CCC(=O)N1CCc2c(c(-c3cccc4cc(-c5cnn(C)c5)ncc34)c(C#N)n2C2CCOCC2)C1. The normalized spacial score (nSPS) is 15.6. The number of nitriles is 1. The van der Waals surface area contributed by atoms with Crippen LogP contribution < -0.4 is 4.90 Å². The molecule has 4 aromatic carbocycles. The number of ether oxygens (including phenoxy) is 2. The van der Waals surface area contributed by atoms with Crippen LogP contribution in [0, 0.1) is 18.3 Å². The molecule has 23 rings (SSSR count). The molecular formula is C109H119N25O7S. The van der Waals surface area contributed by atoms with Crippen LogP contribution in [0.4, 0.5) is 5.82 Å². The molecule has 728 valence electrons. The van der Waals surface area contributed by atoms with Gasteiger partial charge >= 0.3 is 0 Å². The number of hydrogen-bond acceptors (Lipinski definition) is 21. The number of likely N-dealkylation sites (tertiary alicyclic amines) is 1. The summed E-state index contributed by atoms with van der Waals surface area (Å²) in [6.07, 6.45) is 29.7. The summed E-state index contributed by atoms with van der Waals surface area (Å²) in [6, 6.07) is 36.5. The molecule has 0 bridgehead atoms. The Morgan fingerprint density at radius 3 is 1.42 bits per heavy atom. The minimum Gasteiger partial charge on any atom is -0.381 e. The van der Waals surface area contributed by atoms with Crippen molar-refractivity contribution in [2.75, 3.05) is 83.7 Å². The first kappa shape index (κ1) is 94.8. The van der Waals surface area contributed by atoms with Gasteiger partial charge in [-0.2, -0.15) is 30.8 Å². The molecule has 0 saturated carbocycles. The number of pyridine rings is 4. The number of fused-ring (bicyclic) bond motifs is 8. The molecule has 0 spiro atoms. The molecule has 3 saturated heterocycles. The fourth-order valence-electron chi connectivity index (χ4n) is 21.5. The Labute approximate surface area is 828 Å². The van der Waals surface area contributed by atoms with Gasteiger partial charge in [-0.3, -0.25) is 62.6 Å². The van der Waals surface area contributed by atoms with Gasteiger partial charge in [-0.25, -0.2) is 14.3 Å². The van der Waals surface area contributed by atoms with Crippen molar-refractivity contribution >= 4 is 89.8 Å². The van der Waals surface area contributed by atoms with Crippen LogP contribution in [-0.2, 0) is 106 Å². The second-order valence-corrected chi connectivity index (χ2v) is 39.3. The zero-order valence-corrected chi connectivity index (χ0v) is 83.4. The number of piperidine rings is 1. The number of amides is 5. The standard InChI is InChI=1S/C29H32N6O2S.C29H30N6O2.C26H29N7O2.C25H28N6O/c1-4-28(37)34-13-10-26-24(17-34)29(32-35(26)21-8-11-33(12-9-21)19(3)36)22-7-5-6-20-14-25(31-15-23(20)22)27-16-30-18(2)38-27;1-3-28(36)34-10-7-26-24(18-34)29(27(14-30)35(26)21-8-11-37-12-9-21)22-6-4-5-19-13-25(31-16-23(19)22)20-15-32-33(2)17-20;1-3-25(34)32-8-7-20-24(17-32)33(29-26(20)31-9-11-35-12-10-31)23-6-4-5-18-13-22(27-15-21(18)23)19-14-28-30(2)16-19;1-5-24(32)30-10-9-19-23(15-30)31(28-25(19)16(2)3)22-8-6-7-17-11-21(26-13-20(17)22)18-12-27-29(4)14-18/h5-7,14-16,21H,4,8-13,17H2,1-3H3;4-6,13,15-17,21H,3,7-12,18H2,1-2H3;4-6,13-16H,3,7-12,17H2,1-2H3;6-8,11-14,16H,5,9-10,15H2,1-4H3. The van der Waals surface area contributed by atoms with Crippen LogP contribution in [0.5, 0.6) is 0 Å². The Bertz CT molecular complexity index is 7540. The van der Waals surface area contributed by atoms with E-state index in [1.165, 1.54) is 22.5 Å². The largest absolute Gasteiger partial charge is 0.381 e. The number of aromatic nitrogens is 18. The van der Waals surface area contributed by atoms with E-state index >= 15 is 0 Å². The van der Waals surface area contributed by atoms with Crippen molar-refractivity contribution in [3.05, 3.63) is 227 Å². The number of benzene rings is 4. The Morgan fingerprint density at radius 2 is 0.908 bits per heavy atom. The zero-order chi connectivity index (χ0) is 98.3. The fourth-order valence-corrected chi connectivity index (χ4v) is 22.2. The molecule has 0 radical (unpaired) electrons. The maximum Gasteiger partial charge on any atom is 0.222 e. The minimum absolute atomic E-state index is 0.136. The first-order chi connectivity index (χ1) is 69.1. The molecule has 3 fully saturated rings. The molecule has 5 amide bonds. The van der Waals surface area contributed by atoms with Crippen LogP contribution in [0.1, 0.15) is 179 Å². The first-order valence-electron chi connectivity index (χ1n) is 49.8. The number of anilines is 1. The highest BCUT2D eigenvalue weighted by Gasteiger charge is 2.38. The molecule has 16 aromatic rings. The minimum atomic E-state index is 0.136. The van der Waals surface area contributed by atoms with E-state index in [9.17, 15) is 29.2 Å². The molecule has 142 heavy (non-hydrogen) atoms. The van der Waals surface area contributed by atoms with Crippen LogP contribution in [-0.4, -0.2) is 221 Å². The first-order valence-corrected chi connectivity index (χ1v) is 50.6. The topological polar surface area (TPSA) is 323 Å². The van der Waals surface area contributed by atoms with Crippen LogP contribution in [0.2, 0.25) is 0 Å². The van der Waals surface area contributed by atoms with Crippen molar-refractivity contribution in [1.82, 2.24) is 113 Å². The molecular weight excluding hydrogens is 1800 g/mol. The van der Waals surface area contributed by atoms with E-state index in [1.807, 2.05) is 164 Å². The molecule has 0 unspecified atom stereocenters. The third kappa shape index (κ3) is 18.7. The van der Waals surface area contributed by atoms with E-state index in [1.54, 1.807) is 32.3 Å². The summed E-state index contributed by atoms with van der Waals surface area (Å²) < 4.78 is 25.1. The van der Waals surface area contributed by atoms with Crippen LogP contribution in [0.3, 0.4) is 0 Å². The summed E-state index contributed by atoms with van der Waals surface area (Å²) in [4.78, 5) is 98.8. The van der Waals surface area contributed by atoms with Gasteiger partial charge < -0.3 is 43.4 Å². The van der Waals surface area contributed by atoms with Crippen molar-refractivity contribution in [3.8, 4) is 84.2 Å². The van der Waals surface area contributed by atoms with E-state index < -0.39 is 0 Å². The molecule has 19 heterocycles. The average molecular weight is 1920 g/mol. The average Bonchev–Trinajstić information content (AvgIpc) is 1.59. The molecule has 32 nitrogen and oxygen atoms in total. The summed E-state index contributed by atoms with van der Waals surface area (Å²) in [5.41, 5.74) is 23.6. The van der Waals surface area contributed by atoms with E-state index in [0.717, 1.165) is 251 Å². The number of carbonyl (C=O) groups is 5. The summed E-state index contributed by atoms with van der Waals surface area (Å²) in [6.45, 7) is 26.8. The van der Waals surface area contributed by atoms with Gasteiger partial charge in [0.15, 0.2) is 5.82 Å². The van der Waals surface area contributed by atoms with Crippen molar-refractivity contribution in [1.29, 1.82) is 5.26 Å². The van der Waals surface area contributed by atoms with Gasteiger partial charge in [-0.1, -0.05) is 102 Å². The summed E-state index contributed by atoms with van der Waals surface area (Å²) >= 11 is 1.64. The lowest BCUT2D eigenvalue weighted by atomic mass is 9.93. The molecule has 7 aliphatic heterocycles. The van der Waals surface area contributed by atoms with Crippen molar-refractivity contribution in [2.24, 2.45) is 21.1 Å². The van der Waals surface area contributed by atoms with Gasteiger partial charge in [-0.05, 0) is 115 Å². The van der Waals surface area contributed by atoms with Crippen molar-refractivity contribution in [3.63, 3.8) is 0 Å². The maximum absolute atomic E-state index is 12.7. The molecule has 12 aromatic heterocycles. The van der Waals surface area contributed by atoms with E-state index in [2.05, 4.69) is 145 Å². The second kappa shape index (κ2) is 40.8. The van der Waals surface area contributed by atoms with E-state index in [-0.39, 0.29) is 41.6 Å². The predicted molar refractivity (Wildman–Crippen MR) is 547 cm³/mol. The Morgan fingerprint density at radius 1 is 0.451 bits per heavy atom. The van der Waals surface area contributed by atoms with E-state index in [4.69, 9.17) is 44.7 Å². The lowest BCUT2D eigenvalue weighted by Gasteiger charge is -2.33. The number of thiazole rings is 1. The third-order valence-electron chi connectivity index (χ3n) is 28.9. The lowest BCUT2D eigenvalue weighted by Crippen LogP contribution is -2.39. The number of aryl methyl sites for hydroxylation is 4. The number of rotatable bonds is 16. The predicted octanol–water partition coefficient (Wildman–Crippen LogP) is 16.8. The van der Waals surface area contributed by atoms with E-state index in [0.29, 0.717) is 103 Å².